The maximum atomic E-state index is 13.0. The Bertz CT molecular complexity index is 1250. The fraction of sp³-hybridized carbons (Fsp3) is 0.370. The van der Waals surface area contributed by atoms with Crippen LogP contribution in [0.4, 0.5) is 5.69 Å². The SMILES string of the molecule is CC1CCN(Cc2ccc(NC(=O)c3ccc4c(c3)C(=O)N(C3CCC(=O)NC3=O)C4=O)cc2)CC1. The van der Waals surface area contributed by atoms with Crippen molar-refractivity contribution in [3.8, 4) is 0 Å². The zero-order valence-corrected chi connectivity index (χ0v) is 20.1. The number of carbonyl (C=O) groups is 5. The van der Waals surface area contributed by atoms with Gasteiger partial charge >= 0.3 is 0 Å². The number of rotatable bonds is 5. The second kappa shape index (κ2) is 9.66. The van der Waals surface area contributed by atoms with Crippen LogP contribution in [-0.4, -0.2) is 58.5 Å². The standard InChI is InChI=1S/C27H28N4O5/c1-16-10-12-30(13-11-16)15-17-2-5-19(6-3-17)28-24(33)18-4-7-20-21(14-18)27(36)31(26(20)35)22-8-9-23(32)29-25(22)34/h2-7,14,16,22H,8-13,15H2,1H3,(H,28,33)(H,29,32,34). The number of hydrogen-bond donors (Lipinski definition) is 2. The number of amides is 5. The van der Waals surface area contributed by atoms with Gasteiger partial charge in [0, 0.05) is 24.2 Å². The minimum absolute atomic E-state index is 0.0491. The molecule has 0 bridgehead atoms. The number of imide groups is 2. The van der Waals surface area contributed by atoms with Crippen molar-refractivity contribution in [2.45, 2.75) is 45.2 Å². The highest BCUT2D eigenvalue weighted by Gasteiger charge is 2.44. The summed E-state index contributed by atoms with van der Waals surface area (Å²) >= 11 is 0. The minimum atomic E-state index is -1.04. The Labute approximate surface area is 208 Å². The molecule has 0 aromatic heterocycles. The van der Waals surface area contributed by atoms with E-state index in [2.05, 4.69) is 22.5 Å². The molecule has 2 aromatic carbocycles. The summed E-state index contributed by atoms with van der Waals surface area (Å²) < 4.78 is 0. The molecule has 9 nitrogen and oxygen atoms in total. The van der Waals surface area contributed by atoms with Gasteiger partial charge < -0.3 is 5.32 Å². The van der Waals surface area contributed by atoms with Gasteiger partial charge in [-0.15, -0.1) is 0 Å². The molecule has 0 spiro atoms. The van der Waals surface area contributed by atoms with Crippen LogP contribution in [0.25, 0.3) is 0 Å². The Morgan fingerprint density at radius 2 is 1.64 bits per heavy atom. The summed E-state index contributed by atoms with van der Waals surface area (Å²) in [6, 6.07) is 11.0. The molecule has 9 heteroatoms. The number of anilines is 1. The first-order valence-corrected chi connectivity index (χ1v) is 12.3. The van der Waals surface area contributed by atoms with Crippen molar-refractivity contribution in [3.63, 3.8) is 0 Å². The van der Waals surface area contributed by atoms with Gasteiger partial charge in [-0.25, -0.2) is 0 Å². The topological polar surface area (TPSA) is 116 Å². The van der Waals surface area contributed by atoms with Crippen molar-refractivity contribution < 1.29 is 24.0 Å². The molecular formula is C27H28N4O5. The van der Waals surface area contributed by atoms with Gasteiger partial charge in [-0.05, 0) is 74.2 Å². The number of likely N-dealkylation sites (tertiary alicyclic amines) is 1. The summed E-state index contributed by atoms with van der Waals surface area (Å²) in [5, 5.41) is 5.00. The van der Waals surface area contributed by atoms with Gasteiger partial charge in [0.25, 0.3) is 17.7 Å². The van der Waals surface area contributed by atoms with Gasteiger partial charge in [-0.2, -0.15) is 0 Å². The Morgan fingerprint density at radius 3 is 2.33 bits per heavy atom. The molecule has 36 heavy (non-hydrogen) atoms. The Hall–Kier alpha value is -3.85. The lowest BCUT2D eigenvalue weighted by atomic mass is 9.99. The van der Waals surface area contributed by atoms with Gasteiger partial charge in [-0.1, -0.05) is 19.1 Å². The molecule has 3 aliphatic heterocycles. The van der Waals surface area contributed by atoms with E-state index in [0.29, 0.717) is 5.69 Å². The molecule has 3 heterocycles. The van der Waals surface area contributed by atoms with Crippen LogP contribution >= 0.6 is 0 Å². The average Bonchev–Trinajstić information content (AvgIpc) is 3.11. The van der Waals surface area contributed by atoms with Gasteiger partial charge in [-0.3, -0.25) is 39.1 Å². The third kappa shape index (κ3) is 4.66. The Morgan fingerprint density at radius 1 is 0.944 bits per heavy atom. The average molecular weight is 489 g/mol. The highest BCUT2D eigenvalue weighted by molar-refractivity contribution is 6.24. The maximum Gasteiger partial charge on any atom is 0.262 e. The molecule has 2 saturated heterocycles. The summed E-state index contributed by atoms with van der Waals surface area (Å²) in [7, 11) is 0. The molecule has 1 unspecified atom stereocenters. The second-order valence-corrected chi connectivity index (χ2v) is 9.82. The van der Waals surface area contributed by atoms with Crippen LogP contribution in [0.1, 0.15) is 69.2 Å². The summed E-state index contributed by atoms with van der Waals surface area (Å²) in [6.07, 6.45) is 2.56. The molecule has 5 rings (SSSR count). The van der Waals surface area contributed by atoms with Gasteiger partial charge in [0.05, 0.1) is 11.1 Å². The zero-order valence-electron chi connectivity index (χ0n) is 20.1. The van der Waals surface area contributed by atoms with Crippen molar-refractivity contribution in [1.82, 2.24) is 15.1 Å². The van der Waals surface area contributed by atoms with Gasteiger partial charge in [0.1, 0.15) is 6.04 Å². The van der Waals surface area contributed by atoms with Gasteiger partial charge in [0.2, 0.25) is 11.8 Å². The predicted molar refractivity (Wildman–Crippen MR) is 131 cm³/mol. The lowest BCUT2D eigenvalue weighted by Gasteiger charge is -2.30. The third-order valence-electron chi connectivity index (χ3n) is 7.20. The fourth-order valence-electron chi connectivity index (χ4n) is 4.99. The lowest BCUT2D eigenvalue weighted by molar-refractivity contribution is -0.136. The van der Waals surface area contributed by atoms with Crippen LogP contribution in [0.3, 0.4) is 0 Å². The summed E-state index contributed by atoms with van der Waals surface area (Å²) in [5.41, 5.74) is 2.25. The van der Waals surface area contributed by atoms with E-state index in [0.717, 1.165) is 30.5 Å². The number of benzene rings is 2. The number of hydrogen-bond acceptors (Lipinski definition) is 6. The number of carbonyl (C=O) groups excluding carboxylic acids is 5. The van der Waals surface area contributed by atoms with E-state index in [9.17, 15) is 24.0 Å². The zero-order chi connectivity index (χ0) is 25.4. The van der Waals surface area contributed by atoms with E-state index < -0.39 is 35.6 Å². The third-order valence-corrected chi connectivity index (χ3v) is 7.20. The molecule has 0 radical (unpaired) electrons. The molecule has 0 saturated carbocycles. The van der Waals surface area contributed by atoms with E-state index in [-0.39, 0.29) is 29.5 Å². The quantitative estimate of drug-likeness (QED) is 0.625. The van der Waals surface area contributed by atoms with E-state index in [1.54, 1.807) is 0 Å². The molecule has 0 aliphatic carbocycles. The molecule has 2 N–H and O–H groups in total. The number of piperidine rings is 2. The van der Waals surface area contributed by atoms with E-state index in [4.69, 9.17) is 0 Å². The van der Waals surface area contributed by atoms with Crippen molar-refractivity contribution in [1.29, 1.82) is 0 Å². The monoisotopic (exact) mass is 488 g/mol. The van der Waals surface area contributed by atoms with Crippen LogP contribution in [0.5, 0.6) is 0 Å². The first-order valence-electron chi connectivity index (χ1n) is 12.3. The minimum Gasteiger partial charge on any atom is -0.322 e. The smallest absolute Gasteiger partial charge is 0.262 e. The molecular weight excluding hydrogens is 460 g/mol. The number of nitrogens with one attached hydrogen (secondary N) is 2. The van der Waals surface area contributed by atoms with Crippen LogP contribution in [0.15, 0.2) is 42.5 Å². The molecule has 2 aromatic rings. The van der Waals surface area contributed by atoms with Crippen molar-refractivity contribution in [2.24, 2.45) is 5.92 Å². The maximum absolute atomic E-state index is 13.0. The van der Waals surface area contributed by atoms with Crippen molar-refractivity contribution >= 4 is 35.2 Å². The first kappa shape index (κ1) is 23.9. The van der Waals surface area contributed by atoms with E-state index in [1.807, 2.05) is 24.3 Å². The first-order chi connectivity index (χ1) is 17.3. The normalized spacial score (nSPS) is 20.9. The molecule has 3 aliphatic rings. The van der Waals surface area contributed by atoms with E-state index >= 15 is 0 Å². The summed E-state index contributed by atoms with van der Waals surface area (Å²) in [6.45, 7) is 5.37. The highest BCUT2D eigenvalue weighted by Crippen LogP contribution is 2.28. The molecule has 2 fully saturated rings. The Kier molecular flexibility index (Phi) is 6.40. The Balaban J connectivity index is 1.25. The van der Waals surface area contributed by atoms with Crippen LogP contribution in [-0.2, 0) is 16.1 Å². The van der Waals surface area contributed by atoms with Crippen LogP contribution < -0.4 is 10.6 Å². The van der Waals surface area contributed by atoms with Crippen molar-refractivity contribution in [2.75, 3.05) is 18.4 Å². The lowest BCUT2D eigenvalue weighted by Crippen LogP contribution is -2.54. The molecule has 5 amide bonds. The predicted octanol–water partition coefficient (Wildman–Crippen LogP) is 2.57. The van der Waals surface area contributed by atoms with Gasteiger partial charge in [0.15, 0.2) is 0 Å². The van der Waals surface area contributed by atoms with Crippen LogP contribution in [0, 0.1) is 5.92 Å². The fourth-order valence-corrected chi connectivity index (χ4v) is 4.99. The summed E-state index contributed by atoms with van der Waals surface area (Å²) in [4.78, 5) is 65.7. The van der Waals surface area contributed by atoms with Crippen molar-refractivity contribution in [3.05, 3.63) is 64.7 Å². The number of nitrogens with zero attached hydrogens (tertiary/aromatic N) is 2. The number of fused-ring (bicyclic) bond motifs is 1. The highest BCUT2D eigenvalue weighted by atomic mass is 16.2. The van der Waals surface area contributed by atoms with Crippen LogP contribution in [0.2, 0.25) is 0 Å². The van der Waals surface area contributed by atoms with E-state index in [1.165, 1.54) is 36.6 Å². The second-order valence-electron chi connectivity index (χ2n) is 9.82. The largest absolute Gasteiger partial charge is 0.322 e. The molecule has 186 valence electrons. The summed E-state index contributed by atoms with van der Waals surface area (Å²) in [5.74, 6) is -1.97. The molecule has 1 atom stereocenters.